The van der Waals surface area contributed by atoms with Gasteiger partial charge in [-0.15, -0.1) is 0 Å². The number of rotatable bonds is 8. The molecule has 2 aromatic rings. The molecule has 0 aliphatic rings. The van der Waals surface area contributed by atoms with Gasteiger partial charge in [0.05, 0.1) is 11.1 Å². The van der Waals surface area contributed by atoms with Crippen LogP contribution in [-0.2, 0) is 17.1 Å². The van der Waals surface area contributed by atoms with Crippen LogP contribution in [0.4, 0.5) is 5.82 Å². The minimum atomic E-state index is -3.81. The van der Waals surface area contributed by atoms with E-state index in [-0.39, 0.29) is 22.2 Å². The van der Waals surface area contributed by atoms with E-state index in [9.17, 15) is 13.2 Å². The largest absolute Gasteiger partial charge is 0.352 e. The summed E-state index contributed by atoms with van der Waals surface area (Å²) in [7, 11) is 3.16. The number of carbonyl (C=O) groups is 1. The first-order chi connectivity index (χ1) is 12.6. The summed E-state index contributed by atoms with van der Waals surface area (Å²) < 4.78 is 28.4. The molecule has 1 aromatic carbocycles. The summed E-state index contributed by atoms with van der Waals surface area (Å²) in [6.07, 6.45) is 2.18. The van der Waals surface area contributed by atoms with Crippen molar-refractivity contribution in [1.82, 2.24) is 20.0 Å². The van der Waals surface area contributed by atoms with Crippen molar-refractivity contribution in [3.8, 4) is 0 Å². The molecule has 1 N–H and O–H groups in total. The molecule has 0 aliphatic heterocycles. The number of nitrogens with one attached hydrogen (secondary N) is 1. The predicted molar refractivity (Wildman–Crippen MR) is 105 cm³/mol. The summed E-state index contributed by atoms with van der Waals surface area (Å²) in [6, 6.07) is 6.59. The normalized spacial score (nSPS) is 11.6. The third-order valence-electron chi connectivity index (χ3n) is 4.20. The minimum Gasteiger partial charge on any atom is -0.352 e. The van der Waals surface area contributed by atoms with Gasteiger partial charge in [-0.25, -0.2) is 8.42 Å². The fraction of sp³-hybridized carbons (Fsp3) is 0.444. The number of hydrogen-bond acceptors (Lipinski definition) is 5. The molecule has 1 amide bonds. The van der Waals surface area contributed by atoms with E-state index >= 15 is 0 Å². The maximum atomic E-state index is 13.0. The number of amides is 1. The van der Waals surface area contributed by atoms with Gasteiger partial charge >= 0.3 is 0 Å². The van der Waals surface area contributed by atoms with Gasteiger partial charge in [0.2, 0.25) is 0 Å². The summed E-state index contributed by atoms with van der Waals surface area (Å²) in [5, 5.41) is 6.90. The SMILES string of the molecule is Cc1ccc(S(=O)(=O)N(C)c2c(C(=O)NCCCN(C)C)cnn2C)cc1. The second kappa shape index (κ2) is 8.53. The first-order valence-electron chi connectivity index (χ1n) is 8.65. The zero-order valence-electron chi connectivity index (χ0n) is 16.4. The van der Waals surface area contributed by atoms with Gasteiger partial charge < -0.3 is 10.2 Å². The number of nitrogens with zero attached hydrogens (tertiary/aromatic N) is 4. The van der Waals surface area contributed by atoms with E-state index in [1.165, 1.54) is 17.9 Å². The minimum absolute atomic E-state index is 0.161. The van der Waals surface area contributed by atoms with Gasteiger partial charge in [-0.1, -0.05) is 17.7 Å². The molecule has 0 fully saturated rings. The highest BCUT2D eigenvalue weighted by molar-refractivity contribution is 7.92. The van der Waals surface area contributed by atoms with E-state index < -0.39 is 10.0 Å². The number of aryl methyl sites for hydroxylation is 2. The zero-order valence-corrected chi connectivity index (χ0v) is 17.2. The topological polar surface area (TPSA) is 87.5 Å². The first kappa shape index (κ1) is 20.9. The summed E-state index contributed by atoms with van der Waals surface area (Å²) in [5.41, 5.74) is 1.19. The molecule has 1 heterocycles. The van der Waals surface area contributed by atoms with Gasteiger partial charge in [0.15, 0.2) is 5.82 Å². The third kappa shape index (κ3) is 4.86. The standard InChI is InChI=1S/C18H27N5O3S/c1-14-7-9-15(10-8-14)27(25,26)23(5)18-16(13-20-22(18)4)17(24)19-11-6-12-21(2)3/h7-10,13H,6,11-12H2,1-5H3,(H,19,24). The number of aromatic nitrogens is 2. The Balaban J connectivity index is 2.24. The summed E-state index contributed by atoms with van der Waals surface area (Å²) in [5.74, 6) is -0.122. The first-order valence-corrected chi connectivity index (χ1v) is 10.1. The van der Waals surface area contributed by atoms with Crippen LogP contribution in [0.5, 0.6) is 0 Å². The smallest absolute Gasteiger partial charge is 0.265 e. The molecule has 0 aliphatic carbocycles. The number of anilines is 1. The Hall–Kier alpha value is -2.39. The Labute approximate surface area is 160 Å². The quantitative estimate of drug-likeness (QED) is 0.682. The maximum absolute atomic E-state index is 13.0. The highest BCUT2D eigenvalue weighted by Crippen LogP contribution is 2.25. The Morgan fingerprint density at radius 3 is 2.41 bits per heavy atom. The van der Waals surface area contributed by atoms with Crippen molar-refractivity contribution in [2.24, 2.45) is 7.05 Å². The average molecular weight is 394 g/mol. The molecule has 8 nitrogen and oxygen atoms in total. The van der Waals surface area contributed by atoms with Crippen LogP contribution in [0.25, 0.3) is 0 Å². The molecule has 27 heavy (non-hydrogen) atoms. The van der Waals surface area contributed by atoms with Crippen molar-refractivity contribution >= 4 is 21.7 Å². The molecule has 1 aromatic heterocycles. The summed E-state index contributed by atoms with van der Waals surface area (Å²) >= 11 is 0. The second-order valence-electron chi connectivity index (χ2n) is 6.70. The predicted octanol–water partition coefficient (Wildman–Crippen LogP) is 1.24. The molecule has 0 unspecified atom stereocenters. The van der Waals surface area contributed by atoms with Crippen molar-refractivity contribution in [3.05, 3.63) is 41.6 Å². The van der Waals surface area contributed by atoms with E-state index in [2.05, 4.69) is 10.4 Å². The molecule has 0 atom stereocenters. The highest BCUT2D eigenvalue weighted by Gasteiger charge is 2.28. The van der Waals surface area contributed by atoms with Crippen LogP contribution in [0.15, 0.2) is 35.4 Å². The molecular weight excluding hydrogens is 366 g/mol. The van der Waals surface area contributed by atoms with Gasteiger partial charge in [-0.3, -0.25) is 13.8 Å². The Bertz CT molecular complexity index is 888. The lowest BCUT2D eigenvalue weighted by Gasteiger charge is -2.21. The maximum Gasteiger partial charge on any atom is 0.265 e. The molecule has 0 saturated heterocycles. The molecule has 2 rings (SSSR count). The molecular formula is C18H27N5O3S. The van der Waals surface area contributed by atoms with Crippen molar-refractivity contribution in [2.75, 3.05) is 38.5 Å². The van der Waals surface area contributed by atoms with Crippen molar-refractivity contribution in [1.29, 1.82) is 0 Å². The highest BCUT2D eigenvalue weighted by atomic mass is 32.2. The van der Waals surface area contributed by atoms with Crippen molar-refractivity contribution in [3.63, 3.8) is 0 Å². The zero-order chi connectivity index (χ0) is 20.2. The third-order valence-corrected chi connectivity index (χ3v) is 5.96. The lowest BCUT2D eigenvalue weighted by molar-refractivity contribution is 0.0953. The van der Waals surface area contributed by atoms with Crippen molar-refractivity contribution < 1.29 is 13.2 Å². The lowest BCUT2D eigenvalue weighted by Crippen LogP contribution is -2.32. The fourth-order valence-corrected chi connectivity index (χ4v) is 3.88. The van der Waals surface area contributed by atoms with Crippen molar-refractivity contribution in [2.45, 2.75) is 18.2 Å². The summed E-state index contributed by atoms with van der Waals surface area (Å²) in [6.45, 7) is 3.24. The van der Waals surface area contributed by atoms with Crippen LogP contribution >= 0.6 is 0 Å². The number of benzene rings is 1. The number of sulfonamides is 1. The van der Waals surface area contributed by atoms with E-state index in [4.69, 9.17) is 0 Å². The Kier molecular flexibility index (Phi) is 6.61. The number of hydrogen-bond donors (Lipinski definition) is 1. The summed E-state index contributed by atoms with van der Waals surface area (Å²) in [4.78, 5) is 14.7. The lowest BCUT2D eigenvalue weighted by atomic mass is 10.2. The van der Waals surface area contributed by atoms with Crippen LogP contribution in [0.2, 0.25) is 0 Å². The van der Waals surface area contributed by atoms with Crippen LogP contribution in [0.3, 0.4) is 0 Å². The Morgan fingerprint density at radius 2 is 1.81 bits per heavy atom. The molecule has 0 saturated carbocycles. The van der Waals surface area contributed by atoms with Gasteiger partial charge in [0, 0.05) is 20.6 Å². The molecule has 0 radical (unpaired) electrons. The van der Waals surface area contributed by atoms with Gasteiger partial charge in [-0.2, -0.15) is 5.10 Å². The van der Waals surface area contributed by atoms with Gasteiger partial charge in [0.25, 0.3) is 15.9 Å². The van der Waals surface area contributed by atoms with E-state index in [0.29, 0.717) is 6.54 Å². The van der Waals surface area contributed by atoms with Crippen LogP contribution in [0, 0.1) is 6.92 Å². The van der Waals surface area contributed by atoms with Gasteiger partial charge in [0.1, 0.15) is 5.56 Å². The molecule has 148 valence electrons. The van der Waals surface area contributed by atoms with Crippen LogP contribution in [0.1, 0.15) is 22.3 Å². The van der Waals surface area contributed by atoms with E-state index in [1.54, 1.807) is 31.3 Å². The average Bonchev–Trinajstić information content (AvgIpc) is 2.99. The van der Waals surface area contributed by atoms with Crippen LogP contribution < -0.4 is 9.62 Å². The van der Waals surface area contributed by atoms with Gasteiger partial charge in [-0.05, 0) is 46.1 Å². The monoisotopic (exact) mass is 393 g/mol. The molecule has 9 heteroatoms. The fourth-order valence-electron chi connectivity index (χ4n) is 2.64. The van der Waals surface area contributed by atoms with E-state index in [0.717, 1.165) is 22.8 Å². The van der Waals surface area contributed by atoms with Crippen LogP contribution in [-0.4, -0.2) is 63.2 Å². The van der Waals surface area contributed by atoms with E-state index in [1.807, 2.05) is 25.9 Å². The Morgan fingerprint density at radius 1 is 1.19 bits per heavy atom. The molecule has 0 bridgehead atoms. The number of carbonyl (C=O) groups excluding carboxylic acids is 1. The molecule has 0 spiro atoms. The second-order valence-corrected chi connectivity index (χ2v) is 8.67.